The lowest BCUT2D eigenvalue weighted by atomic mass is 9.96. The number of pyridine rings is 1. The van der Waals surface area contributed by atoms with Gasteiger partial charge >= 0.3 is 5.97 Å². The van der Waals surface area contributed by atoms with E-state index in [4.69, 9.17) is 17.0 Å². The zero-order valence-corrected chi connectivity index (χ0v) is 20.5. The highest BCUT2D eigenvalue weighted by Gasteiger charge is 2.41. The number of aromatic nitrogens is 2. The van der Waals surface area contributed by atoms with Crippen LogP contribution in [0.25, 0.3) is 5.69 Å². The van der Waals surface area contributed by atoms with E-state index in [2.05, 4.69) is 59.6 Å². The van der Waals surface area contributed by atoms with Crippen molar-refractivity contribution in [2.75, 3.05) is 13.7 Å². The third-order valence-electron chi connectivity index (χ3n) is 6.10. The van der Waals surface area contributed by atoms with Crippen LogP contribution < -0.4 is 5.32 Å². The van der Waals surface area contributed by atoms with E-state index in [0.29, 0.717) is 11.5 Å². The fourth-order valence-electron chi connectivity index (χ4n) is 4.68. The molecular weight excluding hydrogens is 432 g/mol. The van der Waals surface area contributed by atoms with Gasteiger partial charge in [0.15, 0.2) is 5.11 Å². The standard InChI is InChI=1S/C26H30N4O2S/c1-16(2)15-29-24(23(28-26(29)33)22-8-6-7-13-27-22)21-14-17(3)30(18(21)4)20-11-9-19(10-12-20)25(31)32-5/h6-14,16,23-24H,15H2,1-5H3,(H,28,33)/t23-,24-/m0/s1. The van der Waals surface area contributed by atoms with Crippen molar-refractivity contribution in [3.63, 3.8) is 0 Å². The summed E-state index contributed by atoms with van der Waals surface area (Å²) in [4.78, 5) is 18.8. The largest absolute Gasteiger partial charge is 0.465 e. The smallest absolute Gasteiger partial charge is 0.337 e. The Morgan fingerprint density at radius 3 is 2.52 bits per heavy atom. The van der Waals surface area contributed by atoms with Crippen molar-refractivity contribution < 1.29 is 9.53 Å². The number of methoxy groups -OCH3 is 1. The van der Waals surface area contributed by atoms with Gasteiger partial charge in [0.05, 0.1) is 30.5 Å². The number of thiocarbonyl (C=S) groups is 1. The summed E-state index contributed by atoms with van der Waals surface area (Å²) < 4.78 is 7.05. The average Bonchev–Trinajstić information content (AvgIpc) is 3.28. The number of hydrogen-bond donors (Lipinski definition) is 1. The van der Waals surface area contributed by atoms with Crippen LogP contribution in [0.4, 0.5) is 0 Å². The van der Waals surface area contributed by atoms with Gasteiger partial charge in [-0.15, -0.1) is 0 Å². The summed E-state index contributed by atoms with van der Waals surface area (Å²) >= 11 is 5.78. The van der Waals surface area contributed by atoms with E-state index in [0.717, 1.165) is 34.4 Å². The first-order chi connectivity index (χ1) is 15.8. The zero-order valence-electron chi connectivity index (χ0n) is 19.7. The van der Waals surface area contributed by atoms with E-state index in [1.165, 1.54) is 12.7 Å². The first kappa shape index (κ1) is 23.0. The van der Waals surface area contributed by atoms with E-state index in [1.807, 2.05) is 30.5 Å². The maximum atomic E-state index is 11.8. The summed E-state index contributed by atoms with van der Waals surface area (Å²) in [5.74, 6) is 0.125. The molecule has 1 aromatic carbocycles. The molecular formula is C26H30N4O2S. The molecule has 0 amide bonds. The lowest BCUT2D eigenvalue weighted by molar-refractivity contribution is 0.0600. The number of carbonyl (C=O) groups excluding carboxylic acids is 1. The topological polar surface area (TPSA) is 59.4 Å². The van der Waals surface area contributed by atoms with Crippen LogP contribution >= 0.6 is 12.2 Å². The molecule has 4 rings (SSSR count). The molecule has 6 nitrogen and oxygen atoms in total. The van der Waals surface area contributed by atoms with Crippen molar-refractivity contribution in [3.05, 3.63) is 82.9 Å². The van der Waals surface area contributed by atoms with E-state index in [9.17, 15) is 4.79 Å². The third kappa shape index (κ3) is 4.37. The Balaban J connectivity index is 1.78. The Kier molecular flexibility index (Phi) is 6.51. The lowest BCUT2D eigenvalue weighted by Gasteiger charge is -2.29. The number of rotatable bonds is 6. The van der Waals surface area contributed by atoms with Crippen molar-refractivity contribution in [2.24, 2.45) is 5.92 Å². The minimum atomic E-state index is -0.337. The van der Waals surface area contributed by atoms with Gasteiger partial charge < -0.3 is 19.5 Å². The van der Waals surface area contributed by atoms with Crippen LogP contribution in [-0.4, -0.2) is 39.2 Å². The SMILES string of the molecule is COC(=O)c1ccc(-n2c(C)cc([C@H]3[C@H](c4ccccn4)NC(=S)N3CC(C)C)c2C)cc1. The summed E-state index contributed by atoms with van der Waals surface area (Å²) in [6.07, 6.45) is 1.83. The highest BCUT2D eigenvalue weighted by molar-refractivity contribution is 7.80. The number of esters is 1. The van der Waals surface area contributed by atoms with Crippen molar-refractivity contribution >= 4 is 23.3 Å². The Hall–Kier alpha value is -3.19. The van der Waals surface area contributed by atoms with Crippen LogP contribution in [-0.2, 0) is 4.74 Å². The summed E-state index contributed by atoms with van der Waals surface area (Å²) in [7, 11) is 1.39. The highest BCUT2D eigenvalue weighted by atomic mass is 32.1. The Labute approximate surface area is 200 Å². The fraction of sp³-hybridized carbons (Fsp3) is 0.346. The summed E-state index contributed by atoms with van der Waals surface area (Å²) in [6, 6.07) is 15.7. The number of nitrogens with one attached hydrogen (secondary N) is 1. The van der Waals surface area contributed by atoms with E-state index >= 15 is 0 Å². The number of benzene rings is 1. The van der Waals surface area contributed by atoms with Crippen LogP contribution in [0, 0.1) is 19.8 Å². The third-order valence-corrected chi connectivity index (χ3v) is 6.45. The second-order valence-electron chi connectivity index (χ2n) is 8.87. The molecule has 1 aliphatic heterocycles. The number of nitrogens with zero attached hydrogens (tertiary/aromatic N) is 3. The van der Waals surface area contributed by atoms with Gasteiger partial charge in [0.25, 0.3) is 0 Å². The number of carbonyl (C=O) groups is 1. The quantitative estimate of drug-likeness (QED) is 0.415. The van der Waals surface area contributed by atoms with E-state index < -0.39 is 0 Å². The number of ether oxygens (including phenoxy) is 1. The molecule has 0 radical (unpaired) electrons. The summed E-state index contributed by atoms with van der Waals surface area (Å²) in [5, 5.41) is 4.29. The molecule has 1 aliphatic rings. The first-order valence-electron chi connectivity index (χ1n) is 11.2. The lowest BCUT2D eigenvalue weighted by Crippen LogP contribution is -2.33. The molecule has 3 aromatic rings. The minimum Gasteiger partial charge on any atom is -0.465 e. The molecule has 0 spiro atoms. The van der Waals surface area contributed by atoms with Gasteiger partial charge in [0.1, 0.15) is 0 Å². The van der Waals surface area contributed by atoms with Crippen molar-refractivity contribution in [1.82, 2.24) is 19.8 Å². The monoisotopic (exact) mass is 462 g/mol. The molecule has 0 saturated carbocycles. The average molecular weight is 463 g/mol. The molecule has 2 atom stereocenters. The van der Waals surface area contributed by atoms with Gasteiger partial charge in [-0.25, -0.2) is 4.79 Å². The molecule has 33 heavy (non-hydrogen) atoms. The van der Waals surface area contributed by atoms with Crippen LogP contribution in [0.5, 0.6) is 0 Å². The first-order valence-corrected chi connectivity index (χ1v) is 11.6. The maximum absolute atomic E-state index is 11.8. The maximum Gasteiger partial charge on any atom is 0.337 e. The Morgan fingerprint density at radius 1 is 1.18 bits per heavy atom. The molecule has 0 bridgehead atoms. The van der Waals surface area contributed by atoms with Gasteiger partial charge in [-0.05, 0) is 80.0 Å². The van der Waals surface area contributed by atoms with Gasteiger partial charge in [0.2, 0.25) is 0 Å². The van der Waals surface area contributed by atoms with Crippen LogP contribution in [0.2, 0.25) is 0 Å². The predicted molar refractivity (Wildman–Crippen MR) is 134 cm³/mol. The Bertz CT molecular complexity index is 1160. The van der Waals surface area contributed by atoms with Crippen LogP contribution in [0.3, 0.4) is 0 Å². The highest BCUT2D eigenvalue weighted by Crippen LogP contribution is 2.41. The molecule has 1 N–H and O–H groups in total. The van der Waals surface area contributed by atoms with Crippen LogP contribution in [0.15, 0.2) is 54.7 Å². The summed E-state index contributed by atoms with van der Waals surface area (Å²) in [5.41, 5.74) is 5.99. The molecule has 3 heterocycles. The van der Waals surface area contributed by atoms with Gasteiger partial charge in [-0.2, -0.15) is 0 Å². The van der Waals surface area contributed by atoms with E-state index in [1.54, 1.807) is 12.1 Å². The second-order valence-corrected chi connectivity index (χ2v) is 9.26. The molecule has 0 aliphatic carbocycles. The minimum absolute atomic E-state index is 0.0316. The normalized spacial score (nSPS) is 18.0. The van der Waals surface area contributed by atoms with Crippen molar-refractivity contribution in [3.8, 4) is 5.69 Å². The molecule has 2 aromatic heterocycles. The molecule has 1 saturated heterocycles. The predicted octanol–water partition coefficient (Wildman–Crippen LogP) is 4.90. The Morgan fingerprint density at radius 2 is 1.91 bits per heavy atom. The van der Waals surface area contributed by atoms with E-state index in [-0.39, 0.29) is 18.1 Å². The van der Waals surface area contributed by atoms with Gasteiger partial charge in [-0.3, -0.25) is 4.98 Å². The molecule has 1 fully saturated rings. The molecule has 172 valence electrons. The van der Waals surface area contributed by atoms with Gasteiger partial charge in [-0.1, -0.05) is 19.9 Å². The number of aryl methyl sites for hydroxylation is 1. The van der Waals surface area contributed by atoms with Crippen LogP contribution in [0.1, 0.15) is 58.9 Å². The van der Waals surface area contributed by atoms with Crippen molar-refractivity contribution in [2.45, 2.75) is 39.8 Å². The zero-order chi connectivity index (χ0) is 23.7. The molecule has 0 unspecified atom stereocenters. The molecule has 7 heteroatoms. The van der Waals surface area contributed by atoms with Crippen molar-refractivity contribution in [1.29, 1.82) is 0 Å². The van der Waals surface area contributed by atoms with Gasteiger partial charge in [0, 0.05) is 29.8 Å². The second kappa shape index (κ2) is 9.35. The number of hydrogen-bond acceptors (Lipinski definition) is 4. The summed E-state index contributed by atoms with van der Waals surface area (Å²) in [6.45, 7) is 9.52. The fourth-order valence-corrected chi connectivity index (χ4v) is 5.00.